The third-order valence-corrected chi connectivity index (χ3v) is 2.86. The van der Waals surface area contributed by atoms with Crippen LogP contribution in [-0.2, 0) is 4.79 Å². The quantitative estimate of drug-likeness (QED) is 0.486. The minimum Gasteiger partial charge on any atom is -0.480 e. The maximum atomic E-state index is 11.9. The molecular formula is C11H8N2O6. The van der Waals surface area contributed by atoms with Gasteiger partial charge in [0.05, 0.1) is 16.1 Å². The van der Waals surface area contributed by atoms with E-state index in [0.29, 0.717) is 4.90 Å². The van der Waals surface area contributed by atoms with Crippen molar-refractivity contribution in [2.24, 2.45) is 0 Å². The third kappa shape index (κ3) is 1.82. The molecule has 0 aromatic heterocycles. The first-order valence-electron chi connectivity index (χ1n) is 5.23. The second-order valence-corrected chi connectivity index (χ2v) is 3.98. The van der Waals surface area contributed by atoms with Crippen LogP contribution < -0.4 is 0 Å². The molecule has 0 saturated heterocycles. The summed E-state index contributed by atoms with van der Waals surface area (Å²) in [7, 11) is 0. The Hall–Kier alpha value is -2.77. The second-order valence-electron chi connectivity index (χ2n) is 3.98. The molecule has 0 bridgehead atoms. The van der Waals surface area contributed by atoms with Crippen LogP contribution in [0, 0.1) is 10.1 Å². The molecule has 1 heterocycles. The highest BCUT2D eigenvalue weighted by Crippen LogP contribution is 2.28. The van der Waals surface area contributed by atoms with Crippen molar-refractivity contribution in [1.82, 2.24) is 4.90 Å². The Kier molecular flexibility index (Phi) is 2.78. The van der Waals surface area contributed by atoms with Gasteiger partial charge in [0.15, 0.2) is 0 Å². The fourth-order valence-corrected chi connectivity index (χ4v) is 1.82. The molecular weight excluding hydrogens is 256 g/mol. The third-order valence-electron chi connectivity index (χ3n) is 2.86. The van der Waals surface area contributed by atoms with Gasteiger partial charge in [0.25, 0.3) is 17.5 Å². The van der Waals surface area contributed by atoms with Crippen LogP contribution in [0.25, 0.3) is 0 Å². The van der Waals surface area contributed by atoms with Crippen molar-refractivity contribution in [3.05, 3.63) is 39.4 Å². The summed E-state index contributed by atoms with van der Waals surface area (Å²) < 4.78 is 0. The van der Waals surface area contributed by atoms with Gasteiger partial charge in [-0.2, -0.15) is 0 Å². The number of hydrogen-bond donors (Lipinski definition) is 1. The summed E-state index contributed by atoms with van der Waals surface area (Å²) in [5, 5.41) is 19.5. The minimum absolute atomic E-state index is 0.0244. The number of nitrogens with zero attached hydrogens (tertiary/aromatic N) is 2. The normalized spacial score (nSPS) is 15.3. The highest BCUT2D eigenvalue weighted by molar-refractivity contribution is 6.22. The van der Waals surface area contributed by atoms with Crippen molar-refractivity contribution in [2.45, 2.75) is 13.0 Å². The van der Waals surface area contributed by atoms with Gasteiger partial charge in [0.2, 0.25) is 0 Å². The first-order valence-corrected chi connectivity index (χ1v) is 5.23. The fraction of sp³-hybridized carbons (Fsp3) is 0.182. The van der Waals surface area contributed by atoms with Gasteiger partial charge < -0.3 is 5.11 Å². The number of nitro benzene ring substituents is 1. The molecule has 1 N–H and O–H groups in total. The Morgan fingerprint density at radius 1 is 1.32 bits per heavy atom. The molecule has 0 saturated carbocycles. The molecule has 0 radical (unpaired) electrons. The lowest BCUT2D eigenvalue weighted by Gasteiger charge is -2.17. The Morgan fingerprint density at radius 3 is 2.42 bits per heavy atom. The van der Waals surface area contributed by atoms with Gasteiger partial charge in [0.1, 0.15) is 6.04 Å². The summed E-state index contributed by atoms with van der Waals surface area (Å²) in [5.41, 5.74) is -0.499. The van der Waals surface area contributed by atoms with Crippen LogP contribution in [0.5, 0.6) is 0 Å². The summed E-state index contributed by atoms with van der Waals surface area (Å²) >= 11 is 0. The predicted molar refractivity (Wildman–Crippen MR) is 60.7 cm³/mol. The number of hydrogen-bond acceptors (Lipinski definition) is 5. The van der Waals surface area contributed by atoms with Crippen LogP contribution in [0.2, 0.25) is 0 Å². The van der Waals surface area contributed by atoms with Crippen molar-refractivity contribution in [1.29, 1.82) is 0 Å². The van der Waals surface area contributed by atoms with Crippen LogP contribution in [-0.4, -0.2) is 38.8 Å². The van der Waals surface area contributed by atoms with E-state index in [1.807, 2.05) is 0 Å². The predicted octanol–water partition coefficient (Wildman–Crippen LogP) is 0.664. The number of aliphatic carboxylic acids is 1. The number of carbonyl (C=O) groups is 3. The van der Waals surface area contributed by atoms with Crippen LogP contribution >= 0.6 is 0 Å². The average Bonchev–Trinajstić information content (AvgIpc) is 2.60. The summed E-state index contributed by atoms with van der Waals surface area (Å²) in [6.07, 6.45) is 0. The Bertz CT molecular complexity index is 624. The zero-order chi connectivity index (χ0) is 14.3. The van der Waals surface area contributed by atoms with Gasteiger partial charge >= 0.3 is 5.97 Å². The Balaban J connectivity index is 2.50. The van der Waals surface area contributed by atoms with Crippen molar-refractivity contribution >= 4 is 23.5 Å². The fourth-order valence-electron chi connectivity index (χ4n) is 1.82. The summed E-state index contributed by atoms with van der Waals surface area (Å²) in [6, 6.07) is 1.90. The van der Waals surface area contributed by atoms with Gasteiger partial charge in [-0.05, 0) is 13.0 Å². The van der Waals surface area contributed by atoms with Gasteiger partial charge in [-0.15, -0.1) is 0 Å². The molecule has 0 fully saturated rings. The molecule has 19 heavy (non-hydrogen) atoms. The number of benzene rings is 1. The number of carboxylic acids is 1. The minimum atomic E-state index is -1.33. The number of rotatable bonds is 3. The number of nitro groups is 1. The maximum absolute atomic E-state index is 11.9. The lowest BCUT2D eigenvalue weighted by atomic mass is 10.1. The number of carbonyl (C=O) groups excluding carboxylic acids is 2. The van der Waals surface area contributed by atoms with E-state index in [0.717, 1.165) is 18.2 Å². The molecule has 2 rings (SSSR count). The zero-order valence-electron chi connectivity index (χ0n) is 9.69. The molecule has 1 aliphatic rings. The summed E-state index contributed by atoms with van der Waals surface area (Å²) in [4.78, 5) is 45.2. The van der Waals surface area contributed by atoms with E-state index < -0.39 is 28.7 Å². The van der Waals surface area contributed by atoms with E-state index in [1.165, 1.54) is 6.92 Å². The van der Waals surface area contributed by atoms with Crippen molar-refractivity contribution in [3.63, 3.8) is 0 Å². The molecule has 0 spiro atoms. The standard InChI is InChI=1S/C11H8N2O6/c1-5(11(16)17)12-9(14)7-3-2-6(13(18)19)4-8(7)10(12)15/h2-5H,1H3,(H,16,17). The maximum Gasteiger partial charge on any atom is 0.326 e. The number of non-ortho nitro benzene ring substituents is 1. The monoisotopic (exact) mass is 264 g/mol. The lowest BCUT2D eigenvalue weighted by Crippen LogP contribution is -2.42. The van der Waals surface area contributed by atoms with E-state index in [4.69, 9.17) is 5.11 Å². The number of fused-ring (bicyclic) bond motifs is 1. The Labute approximate surface area is 106 Å². The molecule has 1 unspecified atom stereocenters. The highest BCUT2D eigenvalue weighted by atomic mass is 16.6. The molecule has 1 aliphatic heterocycles. The van der Waals surface area contributed by atoms with Crippen molar-refractivity contribution < 1.29 is 24.4 Å². The van der Waals surface area contributed by atoms with E-state index in [2.05, 4.69) is 0 Å². The lowest BCUT2D eigenvalue weighted by molar-refractivity contribution is -0.384. The number of imide groups is 1. The van der Waals surface area contributed by atoms with E-state index in [9.17, 15) is 24.5 Å². The van der Waals surface area contributed by atoms with Gasteiger partial charge in [-0.25, -0.2) is 4.79 Å². The van der Waals surface area contributed by atoms with E-state index in [-0.39, 0.29) is 16.8 Å². The van der Waals surface area contributed by atoms with E-state index >= 15 is 0 Å². The first kappa shape index (κ1) is 12.7. The first-order chi connectivity index (χ1) is 8.84. The molecule has 8 nitrogen and oxygen atoms in total. The molecule has 1 aromatic rings. The van der Waals surface area contributed by atoms with Crippen molar-refractivity contribution in [3.8, 4) is 0 Å². The smallest absolute Gasteiger partial charge is 0.326 e. The van der Waals surface area contributed by atoms with Gasteiger partial charge in [-0.3, -0.25) is 24.6 Å². The second kappa shape index (κ2) is 4.16. The summed E-state index contributed by atoms with van der Waals surface area (Å²) in [6.45, 7) is 1.19. The van der Waals surface area contributed by atoms with Crippen LogP contribution in [0.3, 0.4) is 0 Å². The van der Waals surface area contributed by atoms with Gasteiger partial charge in [0, 0.05) is 12.1 Å². The number of amides is 2. The molecule has 2 amide bonds. The molecule has 98 valence electrons. The zero-order valence-corrected chi connectivity index (χ0v) is 9.69. The topological polar surface area (TPSA) is 118 Å². The largest absolute Gasteiger partial charge is 0.480 e. The van der Waals surface area contributed by atoms with Crippen LogP contribution in [0.15, 0.2) is 18.2 Å². The summed E-state index contributed by atoms with van der Waals surface area (Å²) in [5.74, 6) is -2.92. The molecule has 8 heteroatoms. The van der Waals surface area contributed by atoms with Gasteiger partial charge in [-0.1, -0.05) is 0 Å². The molecule has 1 atom stereocenters. The van der Waals surface area contributed by atoms with Crippen LogP contribution in [0.4, 0.5) is 5.69 Å². The average molecular weight is 264 g/mol. The SMILES string of the molecule is CC(C(=O)O)N1C(=O)c2ccc([N+](=O)[O-])cc2C1=O. The highest BCUT2D eigenvalue weighted by Gasteiger charge is 2.41. The van der Waals surface area contributed by atoms with E-state index in [1.54, 1.807) is 0 Å². The molecule has 1 aromatic carbocycles. The molecule has 0 aliphatic carbocycles. The van der Waals surface area contributed by atoms with Crippen molar-refractivity contribution in [2.75, 3.05) is 0 Å². The number of carboxylic acid groups (broad SMARTS) is 1. The van der Waals surface area contributed by atoms with Crippen LogP contribution in [0.1, 0.15) is 27.6 Å². The Morgan fingerprint density at radius 2 is 1.89 bits per heavy atom.